The van der Waals surface area contributed by atoms with E-state index in [-0.39, 0.29) is 11.4 Å². The van der Waals surface area contributed by atoms with Crippen LogP contribution in [0.4, 0.5) is 0 Å². The van der Waals surface area contributed by atoms with E-state index in [1.165, 1.54) is 7.11 Å². The van der Waals surface area contributed by atoms with E-state index in [4.69, 9.17) is 4.74 Å². The molecule has 1 aliphatic heterocycles. The zero-order valence-electron chi connectivity index (χ0n) is 9.87. The average Bonchev–Trinajstić information content (AvgIpc) is 2.20. The minimum atomic E-state index is -0.955. The monoisotopic (exact) mass is 232 g/mol. The number of carbonyl (C=O) groups is 1. The number of esters is 1. The van der Waals surface area contributed by atoms with Gasteiger partial charge in [0, 0.05) is 5.75 Å². The highest BCUT2D eigenvalue weighted by molar-refractivity contribution is 7.99. The fourth-order valence-electron chi connectivity index (χ4n) is 2.05. The second kappa shape index (κ2) is 4.34. The smallest absolute Gasteiger partial charge is 0.311 e. The molecule has 0 saturated carbocycles. The lowest BCUT2D eigenvalue weighted by molar-refractivity contribution is -0.163. The van der Waals surface area contributed by atoms with Gasteiger partial charge in [-0.2, -0.15) is 11.8 Å². The van der Waals surface area contributed by atoms with Crippen LogP contribution in [0.5, 0.6) is 0 Å². The SMILES string of the molecule is COC(=O)C(C)C1(O)CSCCC1(C)C. The van der Waals surface area contributed by atoms with Crippen molar-refractivity contribution >= 4 is 17.7 Å². The number of methoxy groups -OCH3 is 1. The Morgan fingerprint density at radius 1 is 1.53 bits per heavy atom. The van der Waals surface area contributed by atoms with Crippen LogP contribution in [-0.2, 0) is 9.53 Å². The minimum absolute atomic E-state index is 0.230. The van der Waals surface area contributed by atoms with Crippen molar-refractivity contribution in [3.63, 3.8) is 0 Å². The lowest BCUT2D eigenvalue weighted by Crippen LogP contribution is -2.56. The summed E-state index contributed by atoms with van der Waals surface area (Å²) in [4.78, 5) is 11.5. The topological polar surface area (TPSA) is 46.5 Å². The highest BCUT2D eigenvalue weighted by Gasteiger charge is 2.51. The molecule has 0 aromatic rings. The van der Waals surface area contributed by atoms with Gasteiger partial charge in [0.25, 0.3) is 0 Å². The maximum Gasteiger partial charge on any atom is 0.311 e. The molecule has 0 bridgehead atoms. The van der Waals surface area contributed by atoms with Gasteiger partial charge in [-0.3, -0.25) is 4.79 Å². The number of rotatable bonds is 2. The fraction of sp³-hybridized carbons (Fsp3) is 0.909. The molecule has 1 rings (SSSR count). The zero-order chi connectivity index (χ0) is 11.7. The molecule has 0 amide bonds. The molecule has 15 heavy (non-hydrogen) atoms. The molecule has 3 nitrogen and oxygen atoms in total. The van der Waals surface area contributed by atoms with Crippen LogP contribution < -0.4 is 0 Å². The Hall–Kier alpha value is -0.220. The molecule has 88 valence electrons. The molecule has 0 radical (unpaired) electrons. The first-order chi connectivity index (χ1) is 6.85. The van der Waals surface area contributed by atoms with Crippen molar-refractivity contribution in [1.82, 2.24) is 0 Å². The van der Waals surface area contributed by atoms with Gasteiger partial charge in [0.1, 0.15) is 0 Å². The maximum atomic E-state index is 11.5. The lowest BCUT2D eigenvalue weighted by atomic mass is 9.67. The molecule has 0 aromatic heterocycles. The Morgan fingerprint density at radius 3 is 2.60 bits per heavy atom. The van der Waals surface area contributed by atoms with Crippen molar-refractivity contribution in [2.45, 2.75) is 32.8 Å². The third-order valence-corrected chi connectivity index (χ3v) is 4.77. The Bertz CT molecular complexity index is 252. The number of hydrogen-bond acceptors (Lipinski definition) is 4. The summed E-state index contributed by atoms with van der Waals surface area (Å²) in [7, 11) is 1.37. The predicted octanol–water partition coefficient (Wildman–Crippen LogP) is 1.69. The second-order valence-electron chi connectivity index (χ2n) is 4.86. The zero-order valence-corrected chi connectivity index (χ0v) is 10.7. The van der Waals surface area contributed by atoms with Gasteiger partial charge in [-0.05, 0) is 24.5 Å². The largest absolute Gasteiger partial charge is 0.469 e. The normalized spacial score (nSPS) is 32.1. The Morgan fingerprint density at radius 2 is 2.13 bits per heavy atom. The molecule has 1 fully saturated rings. The van der Waals surface area contributed by atoms with Gasteiger partial charge in [0.2, 0.25) is 0 Å². The fourth-order valence-corrected chi connectivity index (χ4v) is 3.80. The van der Waals surface area contributed by atoms with Crippen LogP contribution in [-0.4, -0.2) is 35.3 Å². The summed E-state index contributed by atoms with van der Waals surface area (Å²) in [5, 5.41) is 10.6. The average molecular weight is 232 g/mol. The van der Waals surface area contributed by atoms with Crippen LogP contribution in [0.25, 0.3) is 0 Å². The maximum absolute atomic E-state index is 11.5. The lowest BCUT2D eigenvalue weighted by Gasteiger charge is -2.48. The first-order valence-corrected chi connectivity index (χ1v) is 6.38. The molecular weight excluding hydrogens is 212 g/mol. The summed E-state index contributed by atoms with van der Waals surface area (Å²) in [6, 6.07) is 0. The van der Waals surface area contributed by atoms with Crippen LogP contribution in [0.15, 0.2) is 0 Å². The number of thioether (sulfide) groups is 1. The van der Waals surface area contributed by atoms with E-state index in [1.54, 1.807) is 18.7 Å². The van der Waals surface area contributed by atoms with E-state index in [0.717, 1.165) is 12.2 Å². The standard InChI is InChI=1S/C11H20O3S/c1-8(9(12)14-4)11(13)7-15-6-5-10(11,2)3/h8,13H,5-7H2,1-4H3. The van der Waals surface area contributed by atoms with E-state index in [0.29, 0.717) is 5.75 Å². The van der Waals surface area contributed by atoms with Gasteiger partial charge >= 0.3 is 5.97 Å². The summed E-state index contributed by atoms with van der Waals surface area (Å²) in [5.41, 5.74) is -1.19. The third-order valence-electron chi connectivity index (χ3n) is 3.64. The van der Waals surface area contributed by atoms with Crippen molar-refractivity contribution in [2.75, 3.05) is 18.6 Å². The first kappa shape index (κ1) is 12.8. The van der Waals surface area contributed by atoms with Gasteiger partial charge in [-0.15, -0.1) is 0 Å². The summed E-state index contributed by atoms with van der Waals surface area (Å²) in [6.45, 7) is 5.79. The Balaban J connectivity index is 2.92. The third kappa shape index (κ3) is 2.16. The molecule has 2 unspecified atom stereocenters. The molecule has 1 saturated heterocycles. The Labute approximate surface area is 95.6 Å². The summed E-state index contributed by atoms with van der Waals surface area (Å²) >= 11 is 1.70. The van der Waals surface area contributed by atoms with E-state index in [2.05, 4.69) is 0 Å². The summed E-state index contributed by atoms with van der Waals surface area (Å²) in [6.07, 6.45) is 0.926. The van der Waals surface area contributed by atoms with Gasteiger partial charge in [-0.1, -0.05) is 13.8 Å². The molecule has 4 heteroatoms. The van der Waals surface area contributed by atoms with E-state index in [9.17, 15) is 9.90 Å². The molecule has 2 atom stereocenters. The van der Waals surface area contributed by atoms with Gasteiger partial charge in [0.05, 0.1) is 18.6 Å². The van der Waals surface area contributed by atoms with Crippen LogP contribution in [0.1, 0.15) is 27.2 Å². The van der Waals surface area contributed by atoms with Crippen LogP contribution in [0, 0.1) is 11.3 Å². The van der Waals surface area contributed by atoms with Crippen LogP contribution in [0.2, 0.25) is 0 Å². The molecular formula is C11H20O3S. The van der Waals surface area contributed by atoms with Gasteiger partial charge in [0.15, 0.2) is 0 Å². The quantitative estimate of drug-likeness (QED) is 0.736. The Kier molecular flexibility index (Phi) is 3.71. The number of aliphatic hydroxyl groups is 1. The highest BCUT2D eigenvalue weighted by atomic mass is 32.2. The summed E-state index contributed by atoms with van der Waals surface area (Å²) in [5.74, 6) is 0.859. The second-order valence-corrected chi connectivity index (χ2v) is 5.96. The van der Waals surface area contributed by atoms with Crippen molar-refractivity contribution < 1.29 is 14.6 Å². The summed E-state index contributed by atoms with van der Waals surface area (Å²) < 4.78 is 4.72. The van der Waals surface area contributed by atoms with E-state index >= 15 is 0 Å². The number of ether oxygens (including phenoxy) is 1. The molecule has 1 heterocycles. The van der Waals surface area contributed by atoms with Gasteiger partial charge < -0.3 is 9.84 Å². The van der Waals surface area contributed by atoms with E-state index in [1.807, 2.05) is 13.8 Å². The van der Waals surface area contributed by atoms with Crippen LogP contribution >= 0.6 is 11.8 Å². The number of carbonyl (C=O) groups excluding carboxylic acids is 1. The van der Waals surface area contributed by atoms with Crippen molar-refractivity contribution in [1.29, 1.82) is 0 Å². The molecule has 0 spiro atoms. The number of hydrogen-bond donors (Lipinski definition) is 1. The minimum Gasteiger partial charge on any atom is -0.469 e. The van der Waals surface area contributed by atoms with Crippen molar-refractivity contribution in [3.05, 3.63) is 0 Å². The molecule has 0 aromatic carbocycles. The molecule has 1 aliphatic rings. The molecule has 0 aliphatic carbocycles. The van der Waals surface area contributed by atoms with Crippen molar-refractivity contribution in [2.24, 2.45) is 11.3 Å². The first-order valence-electron chi connectivity index (χ1n) is 5.23. The highest BCUT2D eigenvalue weighted by Crippen LogP contribution is 2.46. The van der Waals surface area contributed by atoms with E-state index < -0.39 is 11.5 Å². The predicted molar refractivity (Wildman–Crippen MR) is 61.9 cm³/mol. The molecule has 1 N–H and O–H groups in total. The van der Waals surface area contributed by atoms with Crippen LogP contribution in [0.3, 0.4) is 0 Å². The van der Waals surface area contributed by atoms with Crippen molar-refractivity contribution in [3.8, 4) is 0 Å². The van der Waals surface area contributed by atoms with Gasteiger partial charge in [-0.25, -0.2) is 0 Å².